The third-order valence-corrected chi connectivity index (χ3v) is 14.4. The Bertz CT molecular complexity index is 1330. The maximum absolute atomic E-state index is 12.8. The molecule has 0 spiro atoms. The van der Waals surface area contributed by atoms with E-state index in [1.165, 1.54) is 34.2 Å². The monoisotopic (exact) mass is 704 g/mol. The second kappa shape index (κ2) is 15.1. The van der Waals surface area contributed by atoms with Crippen molar-refractivity contribution in [2.45, 2.75) is 94.1 Å². The van der Waals surface area contributed by atoms with Crippen molar-refractivity contribution in [3.05, 3.63) is 93.3 Å². The number of nitrogens with one attached hydrogen (secondary N) is 1. The van der Waals surface area contributed by atoms with Crippen molar-refractivity contribution >= 4 is 41.3 Å². The molecule has 0 amide bonds. The average Bonchev–Trinajstić information content (AvgIpc) is 3.34. The molecule has 3 aromatic rings. The molecule has 4 rings (SSSR count). The summed E-state index contributed by atoms with van der Waals surface area (Å²) < 4.78 is 21.0. The number of nitrogens with zero attached hydrogens (tertiary/aromatic N) is 1. The number of hydrogen-bond donors (Lipinski definition) is 1. The van der Waals surface area contributed by atoms with Gasteiger partial charge in [0.15, 0.2) is 0 Å². The van der Waals surface area contributed by atoms with Crippen LogP contribution in [0.3, 0.4) is 0 Å². The average molecular weight is 705 g/mol. The standard InChI is InChI=1S/C33H45IN2O5Si/c1-5-6-7-8-15-20-39-23-25-22-36(32(38)35-31(25)37)30-21-28(34)29(41-30)24-40-42(33(2,3)4,26-16-11-9-12-17-26)27-18-13-10-14-19-27/h9-14,16-19,22,28-30H,5-8,15,20-21,23-24H2,1-4H3,(H,35,37,38)/t28-,29-,30?/m1/s1. The number of benzene rings is 2. The minimum Gasteiger partial charge on any atom is -0.405 e. The van der Waals surface area contributed by atoms with Crippen LogP contribution in [0.2, 0.25) is 5.04 Å². The smallest absolute Gasteiger partial charge is 0.330 e. The van der Waals surface area contributed by atoms with Crippen molar-refractivity contribution in [3.8, 4) is 0 Å². The van der Waals surface area contributed by atoms with Gasteiger partial charge >= 0.3 is 5.69 Å². The highest BCUT2D eigenvalue weighted by molar-refractivity contribution is 14.1. The SMILES string of the molecule is CCCCCCCOCc1cn(C2C[C@@H](I)[C@@H](CO[Si](c3ccccc3)(c3ccccc3)C(C)(C)C)O2)c(=O)[nH]c1=O. The van der Waals surface area contributed by atoms with E-state index < -0.39 is 25.8 Å². The van der Waals surface area contributed by atoms with Gasteiger partial charge in [0, 0.05) is 23.1 Å². The number of aromatic amines is 1. The summed E-state index contributed by atoms with van der Waals surface area (Å²) in [7, 11) is -2.72. The lowest BCUT2D eigenvalue weighted by atomic mass is 10.2. The van der Waals surface area contributed by atoms with Gasteiger partial charge in [-0.15, -0.1) is 0 Å². The van der Waals surface area contributed by atoms with Crippen molar-refractivity contribution in [3.63, 3.8) is 0 Å². The van der Waals surface area contributed by atoms with Crippen LogP contribution in [-0.4, -0.2) is 41.1 Å². The quantitative estimate of drug-likeness (QED) is 0.101. The molecule has 2 aromatic carbocycles. The third-order valence-electron chi connectivity index (χ3n) is 8.04. The zero-order valence-corrected chi connectivity index (χ0v) is 28.5. The molecule has 9 heteroatoms. The molecule has 0 radical (unpaired) electrons. The van der Waals surface area contributed by atoms with Gasteiger partial charge in [-0.1, -0.05) is 137 Å². The molecule has 1 aliphatic heterocycles. The predicted octanol–water partition coefficient (Wildman–Crippen LogP) is 5.69. The third kappa shape index (κ3) is 7.71. The molecule has 228 valence electrons. The molecule has 1 N–H and O–H groups in total. The molecule has 0 bridgehead atoms. The van der Waals surface area contributed by atoms with Gasteiger partial charge in [-0.05, 0) is 21.8 Å². The van der Waals surface area contributed by atoms with Crippen molar-refractivity contribution in [1.29, 1.82) is 0 Å². The number of aromatic nitrogens is 2. The van der Waals surface area contributed by atoms with Crippen LogP contribution in [0.5, 0.6) is 0 Å². The first kappa shape index (κ1) is 32.9. The zero-order valence-electron chi connectivity index (χ0n) is 25.3. The van der Waals surface area contributed by atoms with Crippen LogP contribution < -0.4 is 21.6 Å². The number of halogens is 1. The predicted molar refractivity (Wildman–Crippen MR) is 180 cm³/mol. The Morgan fingerprint density at radius 2 is 1.60 bits per heavy atom. The maximum atomic E-state index is 12.8. The summed E-state index contributed by atoms with van der Waals surface area (Å²) >= 11 is 2.40. The Labute approximate surface area is 264 Å². The van der Waals surface area contributed by atoms with Gasteiger partial charge in [0.1, 0.15) is 6.23 Å². The molecule has 1 aromatic heterocycles. The number of hydrogen-bond acceptors (Lipinski definition) is 5. The molecule has 1 aliphatic rings. The van der Waals surface area contributed by atoms with Crippen LogP contribution in [0.4, 0.5) is 0 Å². The molecule has 3 atom stereocenters. The summed E-state index contributed by atoms with van der Waals surface area (Å²) in [5.41, 5.74) is -0.438. The fourth-order valence-corrected chi connectivity index (χ4v) is 11.2. The maximum Gasteiger partial charge on any atom is 0.330 e. The number of alkyl halides is 1. The zero-order chi connectivity index (χ0) is 30.2. The molecule has 1 saturated heterocycles. The van der Waals surface area contributed by atoms with Gasteiger partial charge in [-0.3, -0.25) is 14.3 Å². The van der Waals surface area contributed by atoms with Gasteiger partial charge in [0.05, 0.1) is 24.9 Å². The minimum atomic E-state index is -2.72. The number of rotatable bonds is 14. The van der Waals surface area contributed by atoms with Crippen LogP contribution in [0.1, 0.15) is 78.0 Å². The van der Waals surface area contributed by atoms with E-state index in [1.807, 2.05) is 12.1 Å². The van der Waals surface area contributed by atoms with E-state index in [1.54, 1.807) is 6.20 Å². The van der Waals surface area contributed by atoms with E-state index in [0.29, 0.717) is 25.2 Å². The summed E-state index contributed by atoms with van der Waals surface area (Å²) in [6.45, 7) is 10.1. The second-order valence-electron chi connectivity index (χ2n) is 12.1. The van der Waals surface area contributed by atoms with Gasteiger partial charge in [-0.2, -0.15) is 0 Å². The molecule has 7 nitrogen and oxygen atoms in total. The first-order valence-corrected chi connectivity index (χ1v) is 18.3. The Hall–Kier alpha value is -2.05. The molecular weight excluding hydrogens is 659 g/mol. The molecule has 42 heavy (non-hydrogen) atoms. The Balaban J connectivity index is 1.50. The van der Waals surface area contributed by atoms with Gasteiger partial charge in [0.2, 0.25) is 0 Å². The fourth-order valence-electron chi connectivity index (χ4n) is 5.81. The molecule has 1 fully saturated rings. The largest absolute Gasteiger partial charge is 0.405 e. The summed E-state index contributed by atoms with van der Waals surface area (Å²) in [4.78, 5) is 27.8. The van der Waals surface area contributed by atoms with E-state index in [9.17, 15) is 9.59 Å². The Morgan fingerprint density at radius 3 is 2.19 bits per heavy atom. The van der Waals surface area contributed by atoms with Crippen LogP contribution in [0.25, 0.3) is 0 Å². The first-order chi connectivity index (χ1) is 20.2. The molecule has 0 saturated carbocycles. The molecule has 0 aliphatic carbocycles. The number of unbranched alkanes of at least 4 members (excludes halogenated alkanes) is 4. The van der Waals surface area contributed by atoms with E-state index in [0.717, 1.165) is 12.8 Å². The van der Waals surface area contributed by atoms with Crippen molar-refractivity contribution < 1.29 is 13.9 Å². The highest BCUT2D eigenvalue weighted by Crippen LogP contribution is 2.39. The Kier molecular flexibility index (Phi) is 11.8. The summed E-state index contributed by atoms with van der Waals surface area (Å²) in [5, 5.41) is 2.29. The fraction of sp³-hybridized carbons (Fsp3) is 0.515. The summed E-state index contributed by atoms with van der Waals surface area (Å²) in [6, 6.07) is 21.1. The van der Waals surface area contributed by atoms with E-state index in [-0.39, 0.29) is 21.7 Å². The van der Waals surface area contributed by atoms with Crippen molar-refractivity contribution in [2.24, 2.45) is 0 Å². The summed E-state index contributed by atoms with van der Waals surface area (Å²) in [6.07, 6.45) is 7.26. The minimum absolute atomic E-state index is 0.132. The van der Waals surface area contributed by atoms with E-state index in [2.05, 4.69) is 104 Å². The van der Waals surface area contributed by atoms with Crippen molar-refractivity contribution in [2.75, 3.05) is 13.2 Å². The lowest BCUT2D eigenvalue weighted by Crippen LogP contribution is -2.67. The van der Waals surface area contributed by atoms with Crippen LogP contribution in [-0.2, 0) is 20.5 Å². The molecule has 2 heterocycles. The Morgan fingerprint density at radius 1 is 0.976 bits per heavy atom. The highest BCUT2D eigenvalue weighted by Gasteiger charge is 2.51. The number of H-pyrrole nitrogens is 1. The van der Waals surface area contributed by atoms with Crippen LogP contribution in [0, 0.1) is 0 Å². The first-order valence-electron chi connectivity index (χ1n) is 15.1. The van der Waals surface area contributed by atoms with Gasteiger partial charge in [0.25, 0.3) is 13.9 Å². The van der Waals surface area contributed by atoms with Gasteiger partial charge < -0.3 is 13.9 Å². The van der Waals surface area contributed by atoms with Crippen LogP contribution in [0.15, 0.2) is 76.4 Å². The van der Waals surface area contributed by atoms with E-state index in [4.69, 9.17) is 13.9 Å². The highest BCUT2D eigenvalue weighted by atomic mass is 127. The van der Waals surface area contributed by atoms with Crippen LogP contribution >= 0.6 is 22.6 Å². The lowest BCUT2D eigenvalue weighted by molar-refractivity contribution is -0.0205. The van der Waals surface area contributed by atoms with Crippen molar-refractivity contribution in [1.82, 2.24) is 9.55 Å². The lowest BCUT2D eigenvalue weighted by Gasteiger charge is -2.43. The topological polar surface area (TPSA) is 82.6 Å². The normalized spacial score (nSPS) is 19.3. The number of ether oxygens (including phenoxy) is 2. The van der Waals surface area contributed by atoms with Gasteiger partial charge in [-0.25, -0.2) is 4.79 Å². The summed E-state index contributed by atoms with van der Waals surface area (Å²) in [5.74, 6) is 0. The molecule has 1 unspecified atom stereocenters. The second-order valence-corrected chi connectivity index (χ2v) is 18.0. The van der Waals surface area contributed by atoms with E-state index >= 15 is 0 Å². The molecular formula is C33H45IN2O5Si.